The summed E-state index contributed by atoms with van der Waals surface area (Å²) in [6, 6.07) is 12.2. The molecule has 0 bridgehead atoms. The maximum Gasteiger partial charge on any atom is 0.267 e. The van der Waals surface area contributed by atoms with Crippen molar-refractivity contribution in [2.45, 2.75) is 6.92 Å². The predicted octanol–water partition coefficient (Wildman–Crippen LogP) is 4.18. The van der Waals surface area contributed by atoms with Crippen LogP contribution in [0.4, 0.5) is 15.8 Å². The summed E-state index contributed by atoms with van der Waals surface area (Å²) < 4.78 is 14.5. The topological polar surface area (TPSA) is 55.1 Å². The summed E-state index contributed by atoms with van der Waals surface area (Å²) in [5.74, 6) is -0.724. The Morgan fingerprint density at radius 1 is 1.19 bits per heavy atom. The molecule has 3 aromatic rings. The molecule has 1 aromatic heterocycles. The zero-order valence-electron chi connectivity index (χ0n) is 11.3. The summed E-state index contributed by atoms with van der Waals surface area (Å²) in [4.78, 5) is 12.7. The molecule has 0 atom stereocenters. The minimum absolute atomic E-state index is 0.194. The number of benzene rings is 2. The molecular formula is C16H13FN2OS. The van der Waals surface area contributed by atoms with Crippen molar-refractivity contribution >= 4 is 38.7 Å². The number of nitrogens with two attached hydrogens (primary N) is 1. The van der Waals surface area contributed by atoms with Gasteiger partial charge in [0.1, 0.15) is 10.7 Å². The molecule has 21 heavy (non-hydrogen) atoms. The number of hydrogen-bond donors (Lipinski definition) is 2. The van der Waals surface area contributed by atoms with E-state index < -0.39 is 5.82 Å². The highest BCUT2D eigenvalue weighted by atomic mass is 32.1. The number of para-hydroxylation sites is 1. The summed E-state index contributed by atoms with van der Waals surface area (Å²) in [6.07, 6.45) is 0. The van der Waals surface area contributed by atoms with Crippen molar-refractivity contribution in [2.75, 3.05) is 11.1 Å². The number of rotatable bonds is 2. The monoisotopic (exact) mass is 300 g/mol. The van der Waals surface area contributed by atoms with Gasteiger partial charge >= 0.3 is 0 Å². The first-order valence-electron chi connectivity index (χ1n) is 6.41. The lowest BCUT2D eigenvalue weighted by atomic mass is 10.2. The molecule has 0 aliphatic rings. The lowest BCUT2D eigenvalue weighted by Crippen LogP contribution is -2.12. The molecule has 0 radical (unpaired) electrons. The van der Waals surface area contributed by atoms with E-state index in [1.54, 1.807) is 12.1 Å². The molecule has 1 heterocycles. The second kappa shape index (κ2) is 5.18. The molecule has 0 aliphatic carbocycles. The third-order valence-corrected chi connectivity index (χ3v) is 4.47. The molecule has 0 saturated heterocycles. The Bertz CT molecular complexity index is 841. The first kappa shape index (κ1) is 13.6. The summed E-state index contributed by atoms with van der Waals surface area (Å²) >= 11 is 1.19. The molecule has 0 aliphatic heterocycles. The number of thiophene rings is 1. The first-order valence-corrected chi connectivity index (χ1v) is 7.23. The van der Waals surface area contributed by atoms with Crippen LogP contribution in [-0.2, 0) is 0 Å². The fourth-order valence-electron chi connectivity index (χ4n) is 2.19. The molecule has 0 saturated carbocycles. The van der Waals surface area contributed by atoms with E-state index in [1.807, 2.05) is 31.2 Å². The minimum atomic E-state index is -0.406. The van der Waals surface area contributed by atoms with Gasteiger partial charge in [0, 0.05) is 10.4 Å². The van der Waals surface area contributed by atoms with Crippen molar-refractivity contribution in [3.8, 4) is 0 Å². The SMILES string of the molecule is Cc1ccccc1NC(=O)c1sc2cccc(F)c2c1N. The number of carbonyl (C=O) groups is 1. The van der Waals surface area contributed by atoms with Crippen molar-refractivity contribution in [3.63, 3.8) is 0 Å². The van der Waals surface area contributed by atoms with E-state index in [1.165, 1.54) is 17.4 Å². The minimum Gasteiger partial charge on any atom is -0.397 e. The number of aryl methyl sites for hydroxylation is 1. The molecule has 5 heteroatoms. The highest BCUT2D eigenvalue weighted by Gasteiger charge is 2.19. The van der Waals surface area contributed by atoms with E-state index in [2.05, 4.69) is 5.32 Å². The Hall–Kier alpha value is -2.40. The molecule has 3 N–H and O–H groups in total. The number of nitrogen functional groups attached to an aromatic ring is 1. The number of anilines is 2. The van der Waals surface area contributed by atoms with Gasteiger partial charge in [0.25, 0.3) is 5.91 Å². The van der Waals surface area contributed by atoms with E-state index in [-0.39, 0.29) is 11.6 Å². The largest absolute Gasteiger partial charge is 0.397 e. The number of hydrogen-bond acceptors (Lipinski definition) is 3. The molecule has 0 unspecified atom stereocenters. The first-order chi connectivity index (χ1) is 10.1. The van der Waals surface area contributed by atoms with Gasteiger partial charge in [-0.15, -0.1) is 11.3 Å². The summed E-state index contributed by atoms with van der Waals surface area (Å²) in [5.41, 5.74) is 7.81. The molecule has 2 aromatic carbocycles. The number of fused-ring (bicyclic) bond motifs is 1. The van der Waals surface area contributed by atoms with Crippen molar-refractivity contribution in [1.82, 2.24) is 0 Å². The number of nitrogens with one attached hydrogen (secondary N) is 1. The van der Waals surface area contributed by atoms with Crippen LogP contribution >= 0.6 is 11.3 Å². The number of amides is 1. The maximum absolute atomic E-state index is 13.8. The number of halogens is 1. The van der Waals surface area contributed by atoms with Gasteiger partial charge in [-0.3, -0.25) is 4.79 Å². The van der Waals surface area contributed by atoms with Crippen molar-refractivity contribution < 1.29 is 9.18 Å². The van der Waals surface area contributed by atoms with Gasteiger partial charge in [-0.05, 0) is 30.7 Å². The average Bonchev–Trinajstić information content (AvgIpc) is 2.80. The van der Waals surface area contributed by atoms with E-state index in [9.17, 15) is 9.18 Å². The van der Waals surface area contributed by atoms with Gasteiger partial charge in [0.05, 0.1) is 11.1 Å². The van der Waals surface area contributed by atoms with Crippen molar-refractivity contribution in [2.24, 2.45) is 0 Å². The zero-order chi connectivity index (χ0) is 15.0. The van der Waals surface area contributed by atoms with Gasteiger partial charge in [0.2, 0.25) is 0 Å². The third kappa shape index (κ3) is 2.36. The second-order valence-electron chi connectivity index (χ2n) is 4.73. The molecule has 1 amide bonds. The standard InChI is InChI=1S/C16H13FN2OS/c1-9-5-2-3-7-11(9)19-16(20)15-14(18)13-10(17)6-4-8-12(13)21-15/h2-8H,18H2,1H3,(H,19,20). The highest BCUT2D eigenvalue weighted by Crippen LogP contribution is 2.35. The Balaban J connectivity index is 2.01. The Kier molecular flexibility index (Phi) is 3.35. The van der Waals surface area contributed by atoms with Crippen LogP contribution in [-0.4, -0.2) is 5.91 Å². The number of carbonyl (C=O) groups excluding carboxylic acids is 1. The van der Waals surface area contributed by atoms with Gasteiger partial charge in [0.15, 0.2) is 0 Å². The van der Waals surface area contributed by atoms with Crippen LogP contribution in [0, 0.1) is 12.7 Å². The summed E-state index contributed by atoms with van der Waals surface area (Å²) in [6.45, 7) is 1.91. The van der Waals surface area contributed by atoms with Crippen molar-refractivity contribution in [3.05, 3.63) is 58.7 Å². The molecular weight excluding hydrogens is 287 g/mol. The molecule has 106 valence electrons. The van der Waals surface area contributed by atoms with Crippen LogP contribution in [0.5, 0.6) is 0 Å². The van der Waals surface area contributed by atoms with E-state index in [0.29, 0.717) is 15.0 Å². The third-order valence-electron chi connectivity index (χ3n) is 3.30. The Labute approximate surface area is 125 Å². The molecule has 3 nitrogen and oxygen atoms in total. The fraction of sp³-hybridized carbons (Fsp3) is 0.0625. The van der Waals surface area contributed by atoms with Gasteiger partial charge < -0.3 is 11.1 Å². The maximum atomic E-state index is 13.8. The van der Waals surface area contributed by atoms with Gasteiger partial charge in [-0.25, -0.2) is 4.39 Å². The average molecular weight is 300 g/mol. The van der Waals surface area contributed by atoms with E-state index >= 15 is 0 Å². The lowest BCUT2D eigenvalue weighted by molar-refractivity contribution is 0.103. The van der Waals surface area contributed by atoms with E-state index in [4.69, 9.17) is 5.73 Å². The van der Waals surface area contributed by atoms with Crippen LogP contribution in [0.25, 0.3) is 10.1 Å². The summed E-state index contributed by atoms with van der Waals surface area (Å²) in [5, 5.41) is 3.13. The molecule has 0 spiro atoms. The normalized spacial score (nSPS) is 10.8. The summed E-state index contributed by atoms with van der Waals surface area (Å²) in [7, 11) is 0. The predicted molar refractivity (Wildman–Crippen MR) is 85.3 cm³/mol. The fourth-order valence-corrected chi connectivity index (χ4v) is 3.22. The van der Waals surface area contributed by atoms with Crippen LogP contribution in [0.2, 0.25) is 0 Å². The zero-order valence-corrected chi connectivity index (χ0v) is 12.1. The Morgan fingerprint density at radius 2 is 1.95 bits per heavy atom. The Morgan fingerprint density at radius 3 is 2.67 bits per heavy atom. The lowest BCUT2D eigenvalue weighted by Gasteiger charge is -2.07. The van der Waals surface area contributed by atoms with Crippen LogP contribution in [0.1, 0.15) is 15.2 Å². The van der Waals surface area contributed by atoms with Gasteiger partial charge in [-0.2, -0.15) is 0 Å². The van der Waals surface area contributed by atoms with Crippen LogP contribution in [0.3, 0.4) is 0 Å². The highest BCUT2D eigenvalue weighted by molar-refractivity contribution is 7.21. The van der Waals surface area contributed by atoms with Gasteiger partial charge in [-0.1, -0.05) is 24.3 Å². The van der Waals surface area contributed by atoms with Crippen LogP contribution in [0.15, 0.2) is 42.5 Å². The van der Waals surface area contributed by atoms with E-state index in [0.717, 1.165) is 11.3 Å². The van der Waals surface area contributed by atoms with Crippen LogP contribution < -0.4 is 11.1 Å². The molecule has 3 rings (SSSR count). The molecule has 0 fully saturated rings. The smallest absolute Gasteiger partial charge is 0.267 e. The quantitative estimate of drug-likeness (QED) is 0.746. The second-order valence-corrected chi connectivity index (χ2v) is 5.78. The van der Waals surface area contributed by atoms with Crippen molar-refractivity contribution in [1.29, 1.82) is 0 Å².